The van der Waals surface area contributed by atoms with E-state index in [-0.39, 0.29) is 23.8 Å². The Kier molecular flexibility index (Phi) is 4.35. The summed E-state index contributed by atoms with van der Waals surface area (Å²) in [5.74, 6) is 0.475. The Balaban J connectivity index is 1.47. The SMILES string of the molecule is CC1(COc2cc(F)c3c(c2)[C@]2(COC(N)=N2)c2cc(-c4cccnc4)ccc2O3)COC1. The number of rotatable bonds is 4. The van der Waals surface area contributed by atoms with Crippen molar-refractivity contribution in [1.29, 1.82) is 0 Å². The second-order valence-corrected chi connectivity index (χ2v) is 9.03. The summed E-state index contributed by atoms with van der Waals surface area (Å²) in [7, 11) is 0. The van der Waals surface area contributed by atoms with Crippen LogP contribution >= 0.6 is 0 Å². The van der Waals surface area contributed by atoms with Crippen LogP contribution in [0, 0.1) is 11.2 Å². The van der Waals surface area contributed by atoms with Gasteiger partial charge in [0.05, 0.1) is 19.8 Å². The van der Waals surface area contributed by atoms with Crippen molar-refractivity contribution in [2.24, 2.45) is 16.1 Å². The summed E-state index contributed by atoms with van der Waals surface area (Å²) in [4.78, 5) is 8.86. The van der Waals surface area contributed by atoms with Crippen LogP contribution in [-0.2, 0) is 15.0 Å². The second-order valence-electron chi connectivity index (χ2n) is 9.03. The Morgan fingerprint density at radius 3 is 2.67 bits per heavy atom. The van der Waals surface area contributed by atoms with Gasteiger partial charge in [0.1, 0.15) is 18.1 Å². The lowest BCUT2D eigenvalue weighted by Gasteiger charge is -2.38. The standard InChI is InChI=1S/C25H22FN3O4/c1-24(11-30-12-24)13-31-17-8-19-22(20(26)9-17)33-21-5-4-15(16-3-2-6-28-10-16)7-18(21)25(19)14-32-23(27)29-25/h2-10H,11-14H2,1H3,(H2,27,29)/t25-/m0/s1. The average Bonchev–Trinajstić information content (AvgIpc) is 3.20. The lowest BCUT2D eigenvalue weighted by atomic mass is 9.80. The molecular weight excluding hydrogens is 425 g/mol. The zero-order chi connectivity index (χ0) is 22.6. The van der Waals surface area contributed by atoms with E-state index in [1.54, 1.807) is 18.5 Å². The molecule has 0 unspecified atom stereocenters. The number of ether oxygens (including phenoxy) is 4. The normalized spacial score (nSPS) is 21.8. The minimum absolute atomic E-state index is 0.0476. The van der Waals surface area contributed by atoms with Crippen molar-refractivity contribution in [2.45, 2.75) is 12.5 Å². The Labute approximate surface area is 190 Å². The minimum atomic E-state index is -1.05. The Bertz CT molecular complexity index is 1280. The third kappa shape index (κ3) is 3.21. The smallest absolute Gasteiger partial charge is 0.283 e. The van der Waals surface area contributed by atoms with E-state index in [1.165, 1.54) is 6.07 Å². The molecule has 168 valence electrons. The third-order valence-electron chi connectivity index (χ3n) is 6.31. The summed E-state index contributed by atoms with van der Waals surface area (Å²) in [5, 5.41) is 0. The molecule has 0 radical (unpaired) electrons. The number of nitrogens with zero attached hydrogens (tertiary/aromatic N) is 2. The second kappa shape index (κ2) is 7.18. The van der Waals surface area contributed by atoms with Gasteiger partial charge in [0.25, 0.3) is 6.02 Å². The number of hydrogen-bond acceptors (Lipinski definition) is 7. The van der Waals surface area contributed by atoms with Gasteiger partial charge in [-0.2, -0.15) is 0 Å². The molecular formula is C25H22FN3O4. The number of hydrogen-bond donors (Lipinski definition) is 1. The minimum Gasteiger partial charge on any atom is -0.493 e. The van der Waals surface area contributed by atoms with Gasteiger partial charge in [0, 0.05) is 40.6 Å². The topological polar surface area (TPSA) is 88.2 Å². The number of benzene rings is 2. The summed E-state index contributed by atoms with van der Waals surface area (Å²) in [6, 6.07) is 12.7. The van der Waals surface area contributed by atoms with E-state index in [4.69, 9.17) is 24.7 Å². The van der Waals surface area contributed by atoms with E-state index in [1.807, 2.05) is 30.3 Å². The van der Waals surface area contributed by atoms with Gasteiger partial charge in [-0.15, -0.1) is 0 Å². The number of nitrogens with two attached hydrogens (primary N) is 1. The fourth-order valence-electron chi connectivity index (χ4n) is 4.47. The van der Waals surface area contributed by atoms with Gasteiger partial charge in [-0.3, -0.25) is 4.98 Å². The largest absolute Gasteiger partial charge is 0.493 e. The summed E-state index contributed by atoms with van der Waals surface area (Å²) in [6.45, 7) is 3.86. The quantitative estimate of drug-likeness (QED) is 0.651. The molecule has 6 rings (SSSR count). The van der Waals surface area contributed by atoms with Crippen molar-refractivity contribution < 1.29 is 23.3 Å². The summed E-state index contributed by atoms with van der Waals surface area (Å²) >= 11 is 0. The average molecular weight is 447 g/mol. The maximum absolute atomic E-state index is 15.3. The Morgan fingerprint density at radius 1 is 1.09 bits per heavy atom. The van der Waals surface area contributed by atoms with Crippen LogP contribution < -0.4 is 15.2 Å². The van der Waals surface area contributed by atoms with Crippen molar-refractivity contribution >= 4 is 6.02 Å². The molecule has 0 bridgehead atoms. The monoisotopic (exact) mass is 447 g/mol. The number of pyridine rings is 1. The number of halogens is 1. The van der Waals surface area contributed by atoms with E-state index >= 15 is 4.39 Å². The first-order chi connectivity index (χ1) is 16.0. The summed E-state index contributed by atoms with van der Waals surface area (Å²) in [5.41, 5.74) is 7.97. The Hall–Kier alpha value is -3.65. The highest BCUT2D eigenvalue weighted by Crippen LogP contribution is 2.53. The van der Waals surface area contributed by atoms with Crippen LogP contribution in [0.15, 0.2) is 59.9 Å². The molecule has 3 aromatic rings. The van der Waals surface area contributed by atoms with Crippen molar-refractivity contribution in [3.63, 3.8) is 0 Å². The van der Waals surface area contributed by atoms with E-state index in [2.05, 4.69) is 16.9 Å². The van der Waals surface area contributed by atoms with Crippen LogP contribution in [0.2, 0.25) is 0 Å². The molecule has 1 saturated heterocycles. The van der Waals surface area contributed by atoms with Crippen LogP contribution in [0.25, 0.3) is 11.1 Å². The van der Waals surface area contributed by atoms with Gasteiger partial charge in [-0.1, -0.05) is 19.1 Å². The first-order valence-electron chi connectivity index (χ1n) is 10.7. The summed E-state index contributed by atoms with van der Waals surface area (Å²) < 4.78 is 38.1. The van der Waals surface area contributed by atoms with Gasteiger partial charge in [-0.25, -0.2) is 9.38 Å². The van der Waals surface area contributed by atoms with Gasteiger partial charge in [0.15, 0.2) is 17.1 Å². The molecule has 2 N–H and O–H groups in total. The number of aromatic nitrogens is 1. The molecule has 1 atom stereocenters. The molecule has 1 fully saturated rings. The molecule has 4 heterocycles. The third-order valence-corrected chi connectivity index (χ3v) is 6.31. The van der Waals surface area contributed by atoms with Crippen LogP contribution in [0.4, 0.5) is 4.39 Å². The van der Waals surface area contributed by atoms with Gasteiger partial charge in [0.2, 0.25) is 0 Å². The van der Waals surface area contributed by atoms with E-state index in [9.17, 15) is 0 Å². The number of fused-ring (bicyclic) bond motifs is 4. The predicted molar refractivity (Wildman–Crippen MR) is 119 cm³/mol. The maximum atomic E-state index is 15.3. The molecule has 0 amide bonds. The van der Waals surface area contributed by atoms with E-state index < -0.39 is 11.4 Å². The number of amidine groups is 1. The van der Waals surface area contributed by atoms with Crippen LogP contribution in [-0.4, -0.2) is 37.4 Å². The molecule has 7 nitrogen and oxygen atoms in total. The molecule has 2 aromatic carbocycles. The molecule has 0 saturated carbocycles. The molecule has 0 aliphatic carbocycles. The van der Waals surface area contributed by atoms with Crippen LogP contribution in [0.3, 0.4) is 0 Å². The zero-order valence-electron chi connectivity index (χ0n) is 18.0. The molecule has 1 spiro atoms. The molecule has 3 aliphatic heterocycles. The van der Waals surface area contributed by atoms with Crippen LogP contribution in [0.1, 0.15) is 18.1 Å². The van der Waals surface area contributed by atoms with Gasteiger partial charge >= 0.3 is 0 Å². The first-order valence-corrected chi connectivity index (χ1v) is 10.7. The maximum Gasteiger partial charge on any atom is 0.283 e. The number of aliphatic imine (C=N–C) groups is 1. The van der Waals surface area contributed by atoms with E-state index in [0.29, 0.717) is 36.9 Å². The highest BCUT2D eigenvalue weighted by molar-refractivity contribution is 5.78. The van der Waals surface area contributed by atoms with Crippen LogP contribution in [0.5, 0.6) is 17.2 Å². The predicted octanol–water partition coefficient (Wildman–Crippen LogP) is 4.00. The van der Waals surface area contributed by atoms with Gasteiger partial charge < -0.3 is 24.7 Å². The highest BCUT2D eigenvalue weighted by Gasteiger charge is 2.48. The van der Waals surface area contributed by atoms with E-state index in [0.717, 1.165) is 16.7 Å². The van der Waals surface area contributed by atoms with Crippen molar-refractivity contribution in [1.82, 2.24) is 4.98 Å². The van der Waals surface area contributed by atoms with Crippen molar-refractivity contribution in [2.75, 3.05) is 26.4 Å². The van der Waals surface area contributed by atoms with Crippen molar-refractivity contribution in [3.05, 3.63) is 71.8 Å². The van der Waals surface area contributed by atoms with Crippen molar-refractivity contribution in [3.8, 4) is 28.4 Å². The molecule has 33 heavy (non-hydrogen) atoms. The fourth-order valence-corrected chi connectivity index (χ4v) is 4.47. The molecule has 3 aliphatic rings. The molecule has 8 heteroatoms. The van der Waals surface area contributed by atoms with Gasteiger partial charge in [-0.05, 0) is 29.8 Å². The first kappa shape index (κ1) is 20.0. The fraction of sp³-hybridized carbons (Fsp3) is 0.280. The Morgan fingerprint density at radius 2 is 1.97 bits per heavy atom. The summed E-state index contributed by atoms with van der Waals surface area (Å²) in [6.07, 6.45) is 3.50. The highest BCUT2D eigenvalue weighted by atomic mass is 19.1. The lowest BCUT2D eigenvalue weighted by Crippen LogP contribution is -2.44. The lowest BCUT2D eigenvalue weighted by molar-refractivity contribution is -0.120. The zero-order valence-corrected chi connectivity index (χ0v) is 18.0. The molecule has 1 aromatic heterocycles.